The molecule has 0 fully saturated rings. The van der Waals surface area contributed by atoms with E-state index in [1.165, 1.54) is 26.4 Å². The number of nitrogens with zero attached hydrogens (tertiary/aromatic N) is 2. The van der Waals surface area contributed by atoms with Crippen LogP contribution < -0.4 is 14.2 Å². The van der Waals surface area contributed by atoms with Gasteiger partial charge >= 0.3 is 5.97 Å². The SMILES string of the molecule is COc1ccc(-c2noc(COC(=O)c3cc(Cl)c(OC)c(OC)c3)n2)cc1. The van der Waals surface area contributed by atoms with Gasteiger partial charge in [-0.25, -0.2) is 4.79 Å². The summed E-state index contributed by atoms with van der Waals surface area (Å²) in [5.74, 6) is 1.29. The van der Waals surface area contributed by atoms with Crippen LogP contribution in [0.4, 0.5) is 0 Å². The normalized spacial score (nSPS) is 10.4. The van der Waals surface area contributed by atoms with Gasteiger partial charge in [-0.05, 0) is 36.4 Å². The van der Waals surface area contributed by atoms with E-state index in [0.29, 0.717) is 17.3 Å². The molecule has 0 radical (unpaired) electrons. The summed E-state index contributed by atoms with van der Waals surface area (Å²) >= 11 is 6.10. The molecule has 3 aromatic rings. The van der Waals surface area contributed by atoms with Gasteiger partial charge in [-0.3, -0.25) is 0 Å². The molecule has 0 N–H and O–H groups in total. The van der Waals surface area contributed by atoms with Gasteiger partial charge in [0.2, 0.25) is 5.82 Å². The summed E-state index contributed by atoms with van der Waals surface area (Å²) in [6, 6.07) is 10.1. The summed E-state index contributed by atoms with van der Waals surface area (Å²) in [5.41, 5.74) is 0.950. The van der Waals surface area contributed by atoms with Crippen LogP contribution in [0, 0.1) is 0 Å². The van der Waals surface area contributed by atoms with Crippen molar-refractivity contribution in [3.8, 4) is 28.6 Å². The number of halogens is 1. The summed E-state index contributed by atoms with van der Waals surface area (Å²) < 4.78 is 25.8. The van der Waals surface area contributed by atoms with E-state index in [1.807, 2.05) is 0 Å². The van der Waals surface area contributed by atoms with Crippen LogP contribution >= 0.6 is 11.6 Å². The molecule has 0 atom stereocenters. The number of ether oxygens (including phenoxy) is 4. The average Bonchev–Trinajstić information content (AvgIpc) is 3.20. The molecule has 0 aliphatic carbocycles. The number of hydrogen-bond acceptors (Lipinski definition) is 8. The molecule has 9 heteroatoms. The van der Waals surface area contributed by atoms with E-state index in [2.05, 4.69) is 10.1 Å². The van der Waals surface area contributed by atoms with Crippen molar-refractivity contribution < 1.29 is 28.3 Å². The molecule has 28 heavy (non-hydrogen) atoms. The van der Waals surface area contributed by atoms with Crippen LogP contribution in [0.5, 0.6) is 17.2 Å². The van der Waals surface area contributed by atoms with Crippen LogP contribution in [-0.4, -0.2) is 37.4 Å². The highest BCUT2D eigenvalue weighted by molar-refractivity contribution is 6.32. The van der Waals surface area contributed by atoms with Crippen molar-refractivity contribution in [2.45, 2.75) is 6.61 Å². The highest BCUT2D eigenvalue weighted by Crippen LogP contribution is 2.36. The van der Waals surface area contributed by atoms with Gasteiger partial charge in [0.25, 0.3) is 5.89 Å². The summed E-state index contributed by atoms with van der Waals surface area (Å²) in [5, 5.41) is 4.11. The van der Waals surface area contributed by atoms with E-state index in [-0.39, 0.29) is 23.1 Å². The number of rotatable bonds is 7. The maximum Gasteiger partial charge on any atom is 0.338 e. The fraction of sp³-hybridized carbons (Fsp3) is 0.211. The second kappa shape index (κ2) is 8.62. The highest BCUT2D eigenvalue weighted by atomic mass is 35.5. The van der Waals surface area contributed by atoms with Crippen LogP contribution in [0.2, 0.25) is 5.02 Å². The minimum absolute atomic E-state index is 0.158. The smallest absolute Gasteiger partial charge is 0.338 e. The van der Waals surface area contributed by atoms with Crippen LogP contribution in [0.25, 0.3) is 11.4 Å². The van der Waals surface area contributed by atoms with Crippen LogP contribution in [0.15, 0.2) is 40.9 Å². The zero-order valence-electron chi connectivity index (χ0n) is 15.4. The fourth-order valence-electron chi connectivity index (χ4n) is 2.42. The maximum atomic E-state index is 12.3. The first kappa shape index (κ1) is 19.5. The number of aromatic nitrogens is 2. The van der Waals surface area contributed by atoms with Crippen molar-refractivity contribution in [2.75, 3.05) is 21.3 Å². The predicted octanol–water partition coefficient (Wildman–Crippen LogP) is 3.77. The van der Waals surface area contributed by atoms with Crippen molar-refractivity contribution in [1.29, 1.82) is 0 Å². The summed E-state index contributed by atoms with van der Waals surface area (Å²) in [6.45, 7) is -0.187. The molecular formula is C19H17ClN2O6. The molecule has 1 heterocycles. The van der Waals surface area contributed by atoms with Crippen LogP contribution in [0.3, 0.4) is 0 Å². The number of carbonyl (C=O) groups is 1. The Balaban J connectivity index is 1.68. The van der Waals surface area contributed by atoms with Gasteiger partial charge in [0.15, 0.2) is 18.1 Å². The van der Waals surface area contributed by atoms with E-state index in [1.54, 1.807) is 31.4 Å². The van der Waals surface area contributed by atoms with Crippen LogP contribution in [0.1, 0.15) is 16.2 Å². The van der Waals surface area contributed by atoms with Gasteiger partial charge in [0.1, 0.15) is 5.75 Å². The third kappa shape index (κ3) is 4.17. The summed E-state index contributed by atoms with van der Waals surface area (Å²) in [4.78, 5) is 16.5. The maximum absolute atomic E-state index is 12.3. The third-order valence-corrected chi connectivity index (χ3v) is 4.09. The molecule has 8 nitrogen and oxygen atoms in total. The van der Waals surface area contributed by atoms with Crippen LogP contribution in [-0.2, 0) is 11.3 Å². The lowest BCUT2D eigenvalue weighted by Crippen LogP contribution is -2.06. The number of benzene rings is 2. The monoisotopic (exact) mass is 404 g/mol. The van der Waals surface area contributed by atoms with E-state index in [0.717, 1.165) is 11.3 Å². The van der Waals surface area contributed by atoms with Gasteiger partial charge in [0, 0.05) is 5.56 Å². The fourth-order valence-corrected chi connectivity index (χ4v) is 2.71. The largest absolute Gasteiger partial charge is 0.497 e. The number of carbonyl (C=O) groups excluding carboxylic acids is 1. The van der Waals surface area contributed by atoms with E-state index >= 15 is 0 Å². The second-order valence-corrected chi connectivity index (χ2v) is 5.92. The minimum Gasteiger partial charge on any atom is -0.497 e. The molecule has 2 aromatic carbocycles. The molecule has 3 rings (SSSR count). The van der Waals surface area contributed by atoms with E-state index in [9.17, 15) is 4.79 Å². The minimum atomic E-state index is -0.618. The molecule has 0 unspecified atom stereocenters. The van der Waals surface area contributed by atoms with Gasteiger partial charge in [0.05, 0.1) is 31.9 Å². The van der Waals surface area contributed by atoms with Gasteiger partial charge < -0.3 is 23.5 Å². The molecule has 146 valence electrons. The zero-order chi connectivity index (χ0) is 20.1. The predicted molar refractivity (Wildman–Crippen MR) is 100.0 cm³/mol. The highest BCUT2D eigenvalue weighted by Gasteiger charge is 2.17. The van der Waals surface area contributed by atoms with Crippen molar-refractivity contribution in [2.24, 2.45) is 0 Å². The molecule has 1 aromatic heterocycles. The van der Waals surface area contributed by atoms with Gasteiger partial charge in [-0.1, -0.05) is 16.8 Å². The molecular weight excluding hydrogens is 388 g/mol. The van der Waals surface area contributed by atoms with Crippen molar-refractivity contribution in [3.05, 3.63) is 52.9 Å². The lowest BCUT2D eigenvalue weighted by atomic mass is 10.2. The van der Waals surface area contributed by atoms with E-state index in [4.69, 9.17) is 35.1 Å². The van der Waals surface area contributed by atoms with Gasteiger partial charge in [-0.15, -0.1) is 0 Å². The van der Waals surface area contributed by atoms with Crippen molar-refractivity contribution in [1.82, 2.24) is 10.1 Å². The first-order valence-corrected chi connectivity index (χ1v) is 8.49. The lowest BCUT2D eigenvalue weighted by molar-refractivity contribution is 0.0429. The molecule has 0 saturated carbocycles. The number of esters is 1. The van der Waals surface area contributed by atoms with Gasteiger partial charge in [-0.2, -0.15) is 4.98 Å². The Kier molecular flexibility index (Phi) is 6.00. The molecule has 0 amide bonds. The Labute approximate surface area is 165 Å². The Morgan fingerprint density at radius 2 is 1.82 bits per heavy atom. The van der Waals surface area contributed by atoms with Crippen molar-refractivity contribution in [3.63, 3.8) is 0 Å². The summed E-state index contributed by atoms with van der Waals surface area (Å²) in [7, 11) is 4.49. The average molecular weight is 405 g/mol. The Morgan fingerprint density at radius 3 is 2.46 bits per heavy atom. The van der Waals surface area contributed by atoms with E-state index < -0.39 is 5.97 Å². The molecule has 0 aliphatic heterocycles. The Bertz CT molecular complexity index is 971. The molecule has 0 spiro atoms. The molecule has 0 aliphatic rings. The quantitative estimate of drug-likeness (QED) is 0.549. The molecule has 0 bridgehead atoms. The lowest BCUT2D eigenvalue weighted by Gasteiger charge is -2.11. The van der Waals surface area contributed by atoms with Crippen molar-refractivity contribution >= 4 is 17.6 Å². The topological polar surface area (TPSA) is 92.9 Å². The second-order valence-electron chi connectivity index (χ2n) is 5.51. The first-order chi connectivity index (χ1) is 13.5. The Morgan fingerprint density at radius 1 is 1.07 bits per heavy atom. The molecule has 0 saturated heterocycles. The standard InChI is InChI=1S/C19H17ClN2O6/c1-24-13-6-4-11(5-7-13)18-21-16(28-22-18)10-27-19(23)12-8-14(20)17(26-3)15(9-12)25-2/h4-9H,10H2,1-3H3. The zero-order valence-corrected chi connectivity index (χ0v) is 16.1. The number of hydrogen-bond donors (Lipinski definition) is 0. The number of methoxy groups -OCH3 is 3. The Hall–Kier alpha value is -3.26. The summed E-state index contributed by atoms with van der Waals surface area (Å²) in [6.07, 6.45) is 0. The first-order valence-electron chi connectivity index (χ1n) is 8.11. The third-order valence-electron chi connectivity index (χ3n) is 3.81.